The highest BCUT2D eigenvalue weighted by atomic mass is 35.5. The van der Waals surface area contributed by atoms with Crippen molar-refractivity contribution in [3.8, 4) is 5.75 Å². The first-order chi connectivity index (χ1) is 16.3. The molecule has 174 valence electrons. The van der Waals surface area contributed by atoms with Crippen LogP contribution in [0, 0.1) is 5.41 Å². The molecule has 0 amide bonds. The van der Waals surface area contributed by atoms with E-state index < -0.39 is 0 Å². The fourth-order valence-corrected chi connectivity index (χ4v) is 5.37. The van der Waals surface area contributed by atoms with Crippen LogP contribution < -0.4 is 15.4 Å². The van der Waals surface area contributed by atoms with Gasteiger partial charge < -0.3 is 15.4 Å². The molecule has 1 atom stereocenters. The van der Waals surface area contributed by atoms with Crippen molar-refractivity contribution in [2.45, 2.75) is 39.3 Å². The van der Waals surface area contributed by atoms with Gasteiger partial charge in [0.2, 0.25) is 0 Å². The molecule has 2 aliphatic rings. The maximum Gasteiger partial charge on any atom is 0.163 e. The molecule has 2 N–H and O–H groups in total. The Kier molecular flexibility index (Phi) is 6.05. The summed E-state index contributed by atoms with van der Waals surface area (Å²) in [5, 5.41) is 7.92. The predicted octanol–water partition coefficient (Wildman–Crippen LogP) is 7.79. The summed E-state index contributed by atoms with van der Waals surface area (Å²) in [6.07, 6.45) is 1.27. The Morgan fingerprint density at radius 1 is 0.941 bits per heavy atom. The number of halogens is 2. The monoisotopic (exact) mass is 492 g/mol. The Hall–Kier alpha value is -2.95. The highest BCUT2D eigenvalue weighted by Gasteiger charge is 2.39. The minimum atomic E-state index is -0.382. The number of ether oxygens (including phenoxy) is 1. The third kappa shape index (κ3) is 4.53. The standard InChI is InChI=1S/C28H26Cl2N2O2/c1-28(2)14-23-25(24(33)15-28)26(32-22-11-7-6-10-21(22)31-23)18-12-19(29)27(20(30)13-18)34-16-17-8-4-3-5-9-17/h3-13,26,31-32H,14-16H2,1-2H3. The van der Waals surface area contributed by atoms with Gasteiger partial charge in [0.25, 0.3) is 0 Å². The molecule has 6 heteroatoms. The number of para-hydroxylation sites is 2. The van der Waals surface area contributed by atoms with Crippen LogP contribution in [0.25, 0.3) is 0 Å². The molecule has 34 heavy (non-hydrogen) atoms. The van der Waals surface area contributed by atoms with E-state index in [4.69, 9.17) is 27.9 Å². The van der Waals surface area contributed by atoms with Crippen LogP contribution in [0.1, 0.15) is 43.9 Å². The minimum Gasteiger partial charge on any atom is -0.486 e. The van der Waals surface area contributed by atoms with Gasteiger partial charge in [-0.1, -0.05) is 79.5 Å². The molecular formula is C28H26Cl2N2O2. The molecule has 0 bridgehead atoms. The number of carbonyl (C=O) groups is 1. The van der Waals surface area contributed by atoms with Gasteiger partial charge in [-0.15, -0.1) is 0 Å². The molecule has 0 saturated carbocycles. The van der Waals surface area contributed by atoms with Crippen molar-refractivity contribution in [2.75, 3.05) is 10.6 Å². The molecule has 1 aliphatic carbocycles. The van der Waals surface area contributed by atoms with Crippen molar-refractivity contribution in [1.29, 1.82) is 0 Å². The highest BCUT2D eigenvalue weighted by Crippen LogP contribution is 2.47. The van der Waals surface area contributed by atoms with Gasteiger partial charge in [-0.25, -0.2) is 0 Å². The van der Waals surface area contributed by atoms with Crippen molar-refractivity contribution in [3.05, 3.63) is 99.2 Å². The van der Waals surface area contributed by atoms with E-state index in [2.05, 4.69) is 24.5 Å². The minimum absolute atomic E-state index is 0.114. The van der Waals surface area contributed by atoms with Crippen molar-refractivity contribution in [2.24, 2.45) is 5.41 Å². The molecule has 5 rings (SSSR count). The number of allylic oxidation sites excluding steroid dienone is 1. The lowest BCUT2D eigenvalue weighted by Gasteiger charge is -2.34. The molecule has 0 fully saturated rings. The SMILES string of the molecule is CC1(C)CC(=O)C2=C(C1)Nc1ccccc1NC2c1cc(Cl)c(OCc2ccccc2)c(Cl)c1. The molecule has 0 aromatic heterocycles. The first kappa shape index (κ1) is 22.8. The van der Waals surface area contributed by atoms with E-state index >= 15 is 0 Å². The Morgan fingerprint density at radius 2 is 1.59 bits per heavy atom. The van der Waals surface area contributed by atoms with E-state index in [9.17, 15) is 4.79 Å². The third-order valence-corrected chi connectivity index (χ3v) is 6.86. The number of hydrogen-bond donors (Lipinski definition) is 2. The number of ketones is 1. The average molecular weight is 493 g/mol. The topological polar surface area (TPSA) is 50.4 Å². The summed E-state index contributed by atoms with van der Waals surface area (Å²) in [5.74, 6) is 0.564. The lowest BCUT2D eigenvalue weighted by Crippen LogP contribution is -2.31. The van der Waals surface area contributed by atoms with Gasteiger partial charge >= 0.3 is 0 Å². The zero-order valence-electron chi connectivity index (χ0n) is 19.1. The van der Waals surface area contributed by atoms with E-state index in [-0.39, 0.29) is 17.2 Å². The largest absolute Gasteiger partial charge is 0.486 e. The molecule has 1 heterocycles. The normalized spacial score (nSPS) is 18.8. The summed E-state index contributed by atoms with van der Waals surface area (Å²) in [6, 6.07) is 21.1. The Bertz CT molecular complexity index is 1260. The van der Waals surface area contributed by atoms with Crippen LogP contribution in [-0.4, -0.2) is 5.78 Å². The predicted molar refractivity (Wildman–Crippen MR) is 139 cm³/mol. The number of carbonyl (C=O) groups excluding carboxylic acids is 1. The quantitative estimate of drug-likeness (QED) is 0.390. The molecule has 1 aliphatic heterocycles. The zero-order valence-corrected chi connectivity index (χ0v) is 20.6. The lowest BCUT2D eigenvalue weighted by molar-refractivity contribution is -0.118. The molecule has 0 saturated heterocycles. The summed E-state index contributed by atoms with van der Waals surface area (Å²) in [4.78, 5) is 13.4. The van der Waals surface area contributed by atoms with Gasteiger partial charge in [0.05, 0.1) is 27.5 Å². The van der Waals surface area contributed by atoms with Crippen molar-refractivity contribution < 1.29 is 9.53 Å². The highest BCUT2D eigenvalue weighted by molar-refractivity contribution is 6.37. The van der Waals surface area contributed by atoms with Gasteiger partial charge in [0.1, 0.15) is 6.61 Å². The Morgan fingerprint density at radius 3 is 2.29 bits per heavy atom. The summed E-state index contributed by atoms with van der Waals surface area (Å²) in [6.45, 7) is 4.62. The summed E-state index contributed by atoms with van der Waals surface area (Å²) in [7, 11) is 0. The number of rotatable bonds is 4. The molecule has 4 nitrogen and oxygen atoms in total. The van der Waals surface area contributed by atoms with Crippen molar-refractivity contribution in [1.82, 2.24) is 0 Å². The van der Waals surface area contributed by atoms with Crippen molar-refractivity contribution in [3.63, 3.8) is 0 Å². The van der Waals surface area contributed by atoms with Crippen LogP contribution in [0.2, 0.25) is 10.0 Å². The van der Waals surface area contributed by atoms with E-state index in [1.807, 2.05) is 66.7 Å². The lowest BCUT2D eigenvalue weighted by atomic mass is 9.73. The first-order valence-electron chi connectivity index (χ1n) is 11.4. The van der Waals surface area contributed by atoms with Crippen LogP contribution in [0.5, 0.6) is 5.75 Å². The summed E-state index contributed by atoms with van der Waals surface area (Å²) < 4.78 is 5.96. The maximum absolute atomic E-state index is 13.4. The Balaban J connectivity index is 1.54. The van der Waals surface area contributed by atoms with E-state index in [1.54, 1.807) is 0 Å². The molecular weight excluding hydrogens is 467 g/mol. The second-order valence-corrected chi connectivity index (χ2v) is 10.5. The Labute approximate surface area is 209 Å². The summed E-state index contributed by atoms with van der Waals surface area (Å²) in [5.41, 5.74) is 5.28. The first-order valence-corrected chi connectivity index (χ1v) is 12.1. The fourth-order valence-electron chi connectivity index (χ4n) is 4.75. The number of fused-ring (bicyclic) bond motifs is 1. The molecule has 3 aromatic carbocycles. The van der Waals surface area contributed by atoms with Gasteiger partial charge in [-0.2, -0.15) is 0 Å². The van der Waals surface area contributed by atoms with Gasteiger partial charge in [0, 0.05) is 17.7 Å². The number of Topliss-reactive ketones (excluding diaryl/α,β-unsaturated/α-hetero) is 1. The van der Waals surface area contributed by atoms with Crippen LogP contribution >= 0.6 is 23.2 Å². The van der Waals surface area contributed by atoms with Crippen LogP contribution in [0.15, 0.2) is 78.0 Å². The smallest absolute Gasteiger partial charge is 0.163 e. The molecule has 3 aromatic rings. The van der Waals surface area contributed by atoms with Gasteiger partial charge in [-0.3, -0.25) is 4.79 Å². The number of nitrogens with one attached hydrogen (secondary N) is 2. The summed E-state index contributed by atoms with van der Waals surface area (Å²) >= 11 is 13.3. The van der Waals surface area contributed by atoms with Gasteiger partial charge in [-0.05, 0) is 47.2 Å². The van der Waals surface area contributed by atoms with Crippen LogP contribution in [0.4, 0.5) is 11.4 Å². The fraction of sp³-hybridized carbons (Fsp3) is 0.250. The van der Waals surface area contributed by atoms with Crippen molar-refractivity contribution >= 4 is 40.4 Å². The van der Waals surface area contributed by atoms with Crippen LogP contribution in [-0.2, 0) is 11.4 Å². The van der Waals surface area contributed by atoms with E-state index in [0.29, 0.717) is 28.8 Å². The average Bonchev–Trinajstić information content (AvgIpc) is 2.95. The maximum atomic E-state index is 13.4. The number of benzene rings is 3. The van der Waals surface area contributed by atoms with E-state index in [1.165, 1.54) is 0 Å². The second kappa shape index (κ2) is 9.01. The number of anilines is 2. The number of hydrogen-bond acceptors (Lipinski definition) is 4. The zero-order chi connectivity index (χ0) is 23.9. The molecule has 1 unspecified atom stereocenters. The van der Waals surface area contributed by atoms with E-state index in [0.717, 1.165) is 40.2 Å². The second-order valence-electron chi connectivity index (χ2n) is 9.67. The third-order valence-electron chi connectivity index (χ3n) is 6.30. The molecule has 0 radical (unpaired) electrons. The molecule has 0 spiro atoms. The van der Waals surface area contributed by atoms with Gasteiger partial charge in [0.15, 0.2) is 11.5 Å². The van der Waals surface area contributed by atoms with Crippen LogP contribution in [0.3, 0.4) is 0 Å².